The van der Waals surface area contributed by atoms with Crippen LogP contribution in [0.25, 0.3) is 0 Å². The summed E-state index contributed by atoms with van der Waals surface area (Å²) in [5.41, 5.74) is 0.578. The number of benzene rings is 1. The Hall–Kier alpha value is -1.75. The number of likely N-dealkylation sites (tertiary alicyclic amines) is 1. The average Bonchev–Trinajstić information content (AvgIpc) is 2.55. The molecule has 0 radical (unpaired) electrons. The molecule has 1 saturated heterocycles. The molecule has 2 amide bonds. The summed E-state index contributed by atoms with van der Waals surface area (Å²) >= 11 is 5.98. The number of amides is 2. The Morgan fingerprint density at radius 2 is 2.04 bits per heavy atom. The molecule has 1 fully saturated rings. The van der Waals surface area contributed by atoms with Gasteiger partial charge >= 0.3 is 0 Å². The van der Waals surface area contributed by atoms with Crippen LogP contribution < -0.4 is 10.1 Å². The van der Waals surface area contributed by atoms with Crippen molar-refractivity contribution in [2.45, 2.75) is 32.6 Å². The molecule has 1 aromatic carbocycles. The van der Waals surface area contributed by atoms with Crippen molar-refractivity contribution >= 4 is 29.1 Å². The first-order valence-electron chi connectivity index (χ1n) is 7.97. The van der Waals surface area contributed by atoms with Crippen LogP contribution in [0.2, 0.25) is 5.02 Å². The van der Waals surface area contributed by atoms with E-state index in [4.69, 9.17) is 16.3 Å². The van der Waals surface area contributed by atoms with E-state index < -0.39 is 0 Å². The summed E-state index contributed by atoms with van der Waals surface area (Å²) in [5, 5.41) is 3.43. The molecular formula is C17H23ClN2O3. The quantitative estimate of drug-likeness (QED) is 0.895. The minimum absolute atomic E-state index is 0.0480. The Morgan fingerprint density at radius 3 is 2.65 bits per heavy atom. The van der Waals surface area contributed by atoms with Crippen LogP contribution in [0.15, 0.2) is 18.2 Å². The maximum atomic E-state index is 12.4. The molecule has 1 heterocycles. The number of hydrogen-bond acceptors (Lipinski definition) is 3. The minimum atomic E-state index is -0.0932. The van der Waals surface area contributed by atoms with Gasteiger partial charge in [0.1, 0.15) is 5.75 Å². The lowest BCUT2D eigenvalue weighted by molar-refractivity contribution is -0.134. The molecule has 1 N–H and O–H groups in total. The van der Waals surface area contributed by atoms with Gasteiger partial charge in [-0.3, -0.25) is 9.59 Å². The van der Waals surface area contributed by atoms with E-state index in [0.717, 1.165) is 6.42 Å². The number of piperidine rings is 1. The van der Waals surface area contributed by atoms with Crippen LogP contribution in [0.5, 0.6) is 5.75 Å². The fourth-order valence-corrected chi connectivity index (χ4v) is 2.95. The van der Waals surface area contributed by atoms with Gasteiger partial charge in [0.15, 0.2) is 0 Å². The van der Waals surface area contributed by atoms with Gasteiger partial charge in [0, 0.05) is 30.5 Å². The van der Waals surface area contributed by atoms with Gasteiger partial charge < -0.3 is 15.0 Å². The highest BCUT2D eigenvalue weighted by molar-refractivity contribution is 6.31. The Morgan fingerprint density at radius 1 is 1.35 bits per heavy atom. The van der Waals surface area contributed by atoms with Crippen LogP contribution in [0.1, 0.15) is 32.6 Å². The molecule has 0 aliphatic carbocycles. The number of anilines is 1. The third kappa shape index (κ3) is 4.61. The van der Waals surface area contributed by atoms with Gasteiger partial charge in [0.05, 0.1) is 12.8 Å². The highest BCUT2D eigenvalue weighted by atomic mass is 35.5. The Bertz CT molecular complexity index is 569. The summed E-state index contributed by atoms with van der Waals surface area (Å²) in [6.07, 6.45) is 2.80. The van der Waals surface area contributed by atoms with Crippen LogP contribution in [0, 0.1) is 5.92 Å². The molecule has 0 spiro atoms. The molecule has 23 heavy (non-hydrogen) atoms. The second-order valence-corrected chi connectivity index (χ2v) is 6.18. The number of carbonyl (C=O) groups excluding carboxylic acids is 2. The van der Waals surface area contributed by atoms with Gasteiger partial charge in [0.2, 0.25) is 11.8 Å². The molecule has 0 atom stereocenters. The molecule has 0 saturated carbocycles. The number of rotatable bonds is 5. The van der Waals surface area contributed by atoms with Crippen molar-refractivity contribution in [2.75, 3.05) is 25.5 Å². The molecule has 5 nitrogen and oxygen atoms in total. The lowest BCUT2D eigenvalue weighted by atomic mass is 9.95. The van der Waals surface area contributed by atoms with Crippen LogP contribution >= 0.6 is 11.6 Å². The van der Waals surface area contributed by atoms with Crippen LogP contribution in [-0.2, 0) is 9.59 Å². The standard InChI is InChI=1S/C17H23ClN2O3/c1-3-4-16(21)20-9-7-12(8-10-20)17(22)19-14-11-13(18)5-6-15(14)23-2/h5-6,11-12H,3-4,7-10H2,1-2H3,(H,19,22). The van der Waals surface area contributed by atoms with Crippen molar-refractivity contribution in [3.05, 3.63) is 23.2 Å². The number of methoxy groups -OCH3 is 1. The monoisotopic (exact) mass is 338 g/mol. The number of halogens is 1. The fourth-order valence-electron chi connectivity index (χ4n) is 2.78. The van der Waals surface area contributed by atoms with E-state index in [1.165, 1.54) is 0 Å². The third-order valence-corrected chi connectivity index (χ3v) is 4.34. The first-order chi connectivity index (χ1) is 11.0. The summed E-state index contributed by atoms with van der Waals surface area (Å²) in [6.45, 7) is 3.28. The lowest BCUT2D eigenvalue weighted by Crippen LogP contribution is -2.41. The lowest BCUT2D eigenvalue weighted by Gasteiger charge is -2.31. The van der Waals surface area contributed by atoms with Crippen molar-refractivity contribution in [3.63, 3.8) is 0 Å². The molecule has 126 valence electrons. The highest BCUT2D eigenvalue weighted by Gasteiger charge is 2.27. The number of nitrogens with one attached hydrogen (secondary N) is 1. The molecule has 0 aromatic heterocycles. The Labute approximate surface area is 141 Å². The molecule has 1 aliphatic heterocycles. The smallest absolute Gasteiger partial charge is 0.227 e. The van der Waals surface area contributed by atoms with Crippen molar-refractivity contribution in [1.29, 1.82) is 0 Å². The Balaban J connectivity index is 1.93. The summed E-state index contributed by atoms with van der Waals surface area (Å²) in [4.78, 5) is 26.2. The zero-order valence-corrected chi connectivity index (χ0v) is 14.4. The summed E-state index contributed by atoms with van der Waals surface area (Å²) < 4.78 is 5.24. The predicted octanol–water partition coefficient (Wildman–Crippen LogP) is 3.33. The van der Waals surface area contributed by atoms with Crippen molar-refractivity contribution in [3.8, 4) is 5.75 Å². The number of hydrogen-bond donors (Lipinski definition) is 1. The first-order valence-corrected chi connectivity index (χ1v) is 8.35. The van der Waals surface area contributed by atoms with E-state index >= 15 is 0 Å². The second kappa shape index (κ2) is 8.20. The predicted molar refractivity (Wildman–Crippen MR) is 90.8 cm³/mol. The van der Waals surface area contributed by atoms with Crippen molar-refractivity contribution in [2.24, 2.45) is 5.92 Å². The fraction of sp³-hybridized carbons (Fsp3) is 0.529. The molecule has 6 heteroatoms. The number of ether oxygens (including phenoxy) is 1. The largest absolute Gasteiger partial charge is 0.495 e. The van der Waals surface area contributed by atoms with Crippen LogP contribution in [-0.4, -0.2) is 36.9 Å². The van der Waals surface area contributed by atoms with Crippen LogP contribution in [0.3, 0.4) is 0 Å². The van der Waals surface area contributed by atoms with E-state index in [1.807, 2.05) is 11.8 Å². The molecule has 1 aliphatic rings. The summed E-state index contributed by atoms with van der Waals surface area (Å²) in [7, 11) is 1.55. The van der Waals surface area contributed by atoms with Crippen molar-refractivity contribution in [1.82, 2.24) is 4.90 Å². The third-order valence-electron chi connectivity index (χ3n) is 4.10. The Kier molecular flexibility index (Phi) is 6.28. The SMILES string of the molecule is CCCC(=O)N1CCC(C(=O)Nc2cc(Cl)ccc2OC)CC1. The number of carbonyl (C=O) groups is 2. The van der Waals surface area contributed by atoms with Gasteiger partial charge in [-0.2, -0.15) is 0 Å². The summed E-state index contributed by atoms with van der Waals surface area (Å²) in [6, 6.07) is 5.12. The van der Waals surface area contributed by atoms with Crippen LogP contribution in [0.4, 0.5) is 5.69 Å². The molecular weight excluding hydrogens is 316 g/mol. The van der Waals surface area contributed by atoms with Crippen molar-refractivity contribution < 1.29 is 14.3 Å². The average molecular weight is 339 g/mol. The first kappa shape index (κ1) is 17.6. The van der Waals surface area contributed by atoms with E-state index in [1.54, 1.807) is 25.3 Å². The van der Waals surface area contributed by atoms with Gasteiger partial charge in [-0.1, -0.05) is 18.5 Å². The maximum Gasteiger partial charge on any atom is 0.227 e. The van der Waals surface area contributed by atoms with Gasteiger partial charge in [-0.25, -0.2) is 0 Å². The van der Waals surface area contributed by atoms with E-state index in [0.29, 0.717) is 48.8 Å². The number of nitrogens with zero attached hydrogens (tertiary/aromatic N) is 1. The topological polar surface area (TPSA) is 58.6 Å². The minimum Gasteiger partial charge on any atom is -0.495 e. The highest BCUT2D eigenvalue weighted by Crippen LogP contribution is 2.29. The summed E-state index contributed by atoms with van der Waals surface area (Å²) in [5.74, 6) is 0.624. The van der Waals surface area contributed by atoms with Gasteiger partial charge in [0.25, 0.3) is 0 Å². The molecule has 0 unspecified atom stereocenters. The molecule has 1 aromatic rings. The van der Waals surface area contributed by atoms with E-state index in [9.17, 15) is 9.59 Å². The maximum absolute atomic E-state index is 12.4. The van der Waals surface area contributed by atoms with E-state index in [-0.39, 0.29) is 17.7 Å². The molecule has 0 bridgehead atoms. The van der Waals surface area contributed by atoms with E-state index in [2.05, 4.69) is 5.32 Å². The normalized spacial score (nSPS) is 15.3. The molecule has 2 rings (SSSR count). The zero-order chi connectivity index (χ0) is 16.8. The van der Waals surface area contributed by atoms with Gasteiger partial charge in [-0.15, -0.1) is 0 Å². The second-order valence-electron chi connectivity index (χ2n) is 5.74. The van der Waals surface area contributed by atoms with Gasteiger partial charge in [-0.05, 0) is 37.5 Å². The zero-order valence-electron chi connectivity index (χ0n) is 13.6.